The van der Waals surface area contributed by atoms with E-state index in [4.69, 9.17) is 10.2 Å². The first kappa shape index (κ1) is 7.18. The van der Waals surface area contributed by atoms with Gasteiger partial charge in [0.05, 0.1) is 0 Å². The Kier molecular flexibility index (Phi) is 2.36. The van der Waals surface area contributed by atoms with Crippen molar-refractivity contribution in [2.24, 2.45) is 4.99 Å². The molecule has 0 spiro atoms. The zero-order valence-electron chi connectivity index (χ0n) is 5.44. The molecule has 1 aliphatic rings. The predicted molar refractivity (Wildman–Crippen MR) is 38.6 cm³/mol. The summed E-state index contributed by atoms with van der Waals surface area (Å²) in [5, 5.41) is 16.9. The number of aliphatic imine (C=N–C) groups is 1. The maximum Gasteiger partial charge on any atom is 0.154 e. The molecule has 54 valence electrons. The van der Waals surface area contributed by atoms with E-state index in [2.05, 4.69) is 4.99 Å². The summed E-state index contributed by atoms with van der Waals surface area (Å²) in [5.41, 5.74) is 0.924. The lowest BCUT2D eigenvalue weighted by atomic mass is 10.2. The van der Waals surface area contributed by atoms with Crippen LogP contribution < -0.4 is 0 Å². The fraction of sp³-hybridized carbons (Fsp3) is 0.286. The first-order valence-electron chi connectivity index (χ1n) is 3.05. The SMILES string of the molecule is OC(O)CC=C1C=CN=C1. The van der Waals surface area contributed by atoms with E-state index >= 15 is 0 Å². The van der Waals surface area contributed by atoms with Gasteiger partial charge in [-0.05, 0) is 11.6 Å². The molecule has 1 aliphatic heterocycles. The fourth-order valence-corrected chi connectivity index (χ4v) is 0.663. The van der Waals surface area contributed by atoms with E-state index in [0.717, 1.165) is 5.57 Å². The lowest BCUT2D eigenvalue weighted by molar-refractivity contribution is -0.0361. The molecule has 0 amide bonds. The summed E-state index contributed by atoms with van der Waals surface area (Å²) in [4.78, 5) is 3.81. The van der Waals surface area contributed by atoms with Crippen molar-refractivity contribution in [1.82, 2.24) is 0 Å². The predicted octanol–water partition coefficient (Wildman–Crippen LogP) is 0.212. The van der Waals surface area contributed by atoms with Crippen molar-refractivity contribution in [3.05, 3.63) is 23.9 Å². The van der Waals surface area contributed by atoms with Crippen LogP contribution in [0, 0.1) is 0 Å². The number of hydrogen-bond donors (Lipinski definition) is 2. The van der Waals surface area contributed by atoms with Crippen molar-refractivity contribution in [1.29, 1.82) is 0 Å². The maximum absolute atomic E-state index is 8.46. The van der Waals surface area contributed by atoms with Crippen LogP contribution in [0.5, 0.6) is 0 Å². The van der Waals surface area contributed by atoms with Crippen molar-refractivity contribution in [3.8, 4) is 0 Å². The quantitative estimate of drug-likeness (QED) is 0.537. The second-order valence-electron chi connectivity index (χ2n) is 2.01. The molecule has 0 aromatic heterocycles. The van der Waals surface area contributed by atoms with Gasteiger partial charge in [-0.2, -0.15) is 0 Å². The van der Waals surface area contributed by atoms with Crippen molar-refractivity contribution in [2.75, 3.05) is 0 Å². The maximum atomic E-state index is 8.46. The number of aliphatic hydroxyl groups is 2. The number of rotatable bonds is 2. The molecule has 10 heavy (non-hydrogen) atoms. The number of nitrogens with zero attached hydrogens (tertiary/aromatic N) is 1. The molecule has 0 radical (unpaired) electrons. The zero-order chi connectivity index (χ0) is 7.40. The molecule has 1 rings (SSSR count). The highest BCUT2D eigenvalue weighted by molar-refractivity contribution is 5.85. The summed E-state index contributed by atoms with van der Waals surface area (Å²) < 4.78 is 0. The zero-order valence-corrected chi connectivity index (χ0v) is 5.44. The third kappa shape index (κ3) is 2.13. The van der Waals surface area contributed by atoms with Gasteiger partial charge in [0.1, 0.15) is 0 Å². The molecule has 0 fully saturated rings. The Hall–Kier alpha value is -0.930. The van der Waals surface area contributed by atoms with E-state index < -0.39 is 6.29 Å². The van der Waals surface area contributed by atoms with Crippen LogP contribution in [0.25, 0.3) is 0 Å². The fourth-order valence-electron chi connectivity index (χ4n) is 0.663. The van der Waals surface area contributed by atoms with Crippen LogP contribution in [0.1, 0.15) is 6.42 Å². The summed E-state index contributed by atoms with van der Waals surface area (Å²) in [5.74, 6) is 0. The number of hydrogen-bond acceptors (Lipinski definition) is 3. The van der Waals surface area contributed by atoms with Crippen LogP contribution in [0.4, 0.5) is 0 Å². The average Bonchev–Trinajstić information content (AvgIpc) is 2.34. The van der Waals surface area contributed by atoms with Crippen LogP contribution in [-0.4, -0.2) is 22.7 Å². The van der Waals surface area contributed by atoms with Crippen molar-refractivity contribution >= 4 is 6.21 Å². The Morgan fingerprint density at radius 1 is 1.60 bits per heavy atom. The molecule has 0 aromatic carbocycles. The van der Waals surface area contributed by atoms with Crippen LogP contribution in [0.15, 0.2) is 28.9 Å². The van der Waals surface area contributed by atoms with Gasteiger partial charge in [-0.25, -0.2) is 0 Å². The van der Waals surface area contributed by atoms with Crippen molar-refractivity contribution < 1.29 is 10.2 Å². The minimum Gasteiger partial charge on any atom is -0.368 e. The lowest BCUT2D eigenvalue weighted by Crippen LogP contribution is -2.01. The van der Waals surface area contributed by atoms with Gasteiger partial charge in [-0.1, -0.05) is 6.08 Å². The molecule has 2 N–H and O–H groups in total. The lowest BCUT2D eigenvalue weighted by Gasteiger charge is -1.95. The molecule has 0 saturated carbocycles. The third-order valence-electron chi connectivity index (χ3n) is 1.14. The summed E-state index contributed by atoms with van der Waals surface area (Å²) in [6.07, 6.45) is 5.86. The van der Waals surface area contributed by atoms with E-state index in [1.54, 1.807) is 18.5 Å². The van der Waals surface area contributed by atoms with E-state index in [0.29, 0.717) is 0 Å². The van der Waals surface area contributed by atoms with Crippen LogP contribution >= 0.6 is 0 Å². The second-order valence-corrected chi connectivity index (χ2v) is 2.01. The van der Waals surface area contributed by atoms with Crippen LogP contribution in [-0.2, 0) is 0 Å². The average molecular weight is 139 g/mol. The molecular formula is C7H9NO2. The molecule has 0 bridgehead atoms. The van der Waals surface area contributed by atoms with Gasteiger partial charge < -0.3 is 10.2 Å². The molecule has 3 nitrogen and oxygen atoms in total. The van der Waals surface area contributed by atoms with E-state index in [1.165, 1.54) is 0 Å². The second kappa shape index (κ2) is 3.29. The Morgan fingerprint density at radius 3 is 2.90 bits per heavy atom. The van der Waals surface area contributed by atoms with E-state index in [9.17, 15) is 0 Å². The molecule has 0 aliphatic carbocycles. The van der Waals surface area contributed by atoms with E-state index in [1.807, 2.05) is 6.08 Å². The smallest absolute Gasteiger partial charge is 0.154 e. The number of aliphatic hydroxyl groups excluding tert-OH is 1. The Balaban J connectivity index is 2.40. The third-order valence-corrected chi connectivity index (χ3v) is 1.14. The number of allylic oxidation sites excluding steroid dienone is 2. The van der Waals surface area contributed by atoms with Gasteiger partial charge in [0, 0.05) is 18.8 Å². The Labute approximate surface area is 59.0 Å². The molecule has 0 unspecified atom stereocenters. The Morgan fingerprint density at radius 2 is 2.40 bits per heavy atom. The van der Waals surface area contributed by atoms with Crippen molar-refractivity contribution in [2.45, 2.75) is 12.7 Å². The van der Waals surface area contributed by atoms with E-state index in [-0.39, 0.29) is 6.42 Å². The van der Waals surface area contributed by atoms with Gasteiger partial charge in [-0.3, -0.25) is 4.99 Å². The minimum absolute atomic E-state index is 0.256. The molecule has 0 atom stereocenters. The standard InChI is InChI=1S/C7H9NO2/c9-7(10)2-1-6-3-4-8-5-6/h1,3-5,7,9-10H,2H2. The topological polar surface area (TPSA) is 52.8 Å². The van der Waals surface area contributed by atoms with Crippen LogP contribution in [0.2, 0.25) is 0 Å². The summed E-state index contributed by atoms with van der Waals surface area (Å²) in [7, 11) is 0. The Bertz CT molecular complexity index is 178. The van der Waals surface area contributed by atoms with Crippen molar-refractivity contribution in [3.63, 3.8) is 0 Å². The summed E-state index contributed by atoms with van der Waals surface area (Å²) >= 11 is 0. The van der Waals surface area contributed by atoms with Gasteiger partial charge in [-0.15, -0.1) is 0 Å². The van der Waals surface area contributed by atoms with Gasteiger partial charge >= 0.3 is 0 Å². The molecule has 0 saturated heterocycles. The molecule has 0 aromatic rings. The van der Waals surface area contributed by atoms with Crippen LogP contribution in [0.3, 0.4) is 0 Å². The first-order chi connectivity index (χ1) is 4.79. The molecule has 1 heterocycles. The molecular weight excluding hydrogens is 130 g/mol. The summed E-state index contributed by atoms with van der Waals surface area (Å²) in [6, 6.07) is 0. The van der Waals surface area contributed by atoms with Gasteiger partial charge in [0.25, 0.3) is 0 Å². The highest BCUT2D eigenvalue weighted by atomic mass is 16.5. The highest BCUT2D eigenvalue weighted by Gasteiger charge is 1.95. The summed E-state index contributed by atoms with van der Waals surface area (Å²) in [6.45, 7) is 0. The monoisotopic (exact) mass is 139 g/mol. The first-order valence-corrected chi connectivity index (χ1v) is 3.05. The largest absolute Gasteiger partial charge is 0.368 e. The van der Waals surface area contributed by atoms with Gasteiger partial charge in [0.2, 0.25) is 0 Å². The normalized spacial score (nSPS) is 19.7. The van der Waals surface area contributed by atoms with Gasteiger partial charge in [0.15, 0.2) is 6.29 Å². The minimum atomic E-state index is -1.25. The highest BCUT2D eigenvalue weighted by Crippen LogP contribution is 2.03. The molecule has 3 heteroatoms.